The monoisotopic (exact) mass is 577 g/mol. The van der Waals surface area contributed by atoms with Crippen LogP contribution in [0.5, 0.6) is 0 Å². The van der Waals surface area contributed by atoms with E-state index in [1.807, 2.05) is 71.0 Å². The van der Waals surface area contributed by atoms with Gasteiger partial charge in [0.15, 0.2) is 0 Å². The maximum absolute atomic E-state index is 14.2. The number of aryl methyl sites for hydroxylation is 3. The van der Waals surface area contributed by atoms with Crippen molar-refractivity contribution in [2.24, 2.45) is 0 Å². The summed E-state index contributed by atoms with van der Waals surface area (Å²) in [5, 5.41) is 2.96. The largest absolute Gasteiger partial charge is 0.354 e. The Hall–Kier alpha value is -3.65. The van der Waals surface area contributed by atoms with Crippen LogP contribution < -0.4 is 9.62 Å². The molecule has 0 heterocycles. The molecule has 0 unspecified atom stereocenters. The Morgan fingerprint density at radius 2 is 1.46 bits per heavy atom. The fraction of sp³-hybridized carbons (Fsp3) is 0.394. The van der Waals surface area contributed by atoms with Crippen LogP contribution >= 0.6 is 0 Å². The second-order valence-electron chi connectivity index (χ2n) is 10.4. The lowest BCUT2D eigenvalue weighted by molar-refractivity contribution is -0.140. The number of rotatable bonds is 14. The van der Waals surface area contributed by atoms with Crippen molar-refractivity contribution >= 4 is 27.5 Å². The maximum Gasteiger partial charge on any atom is 0.264 e. The van der Waals surface area contributed by atoms with Crippen LogP contribution in [0.4, 0.5) is 5.69 Å². The van der Waals surface area contributed by atoms with Crippen molar-refractivity contribution in [3.05, 3.63) is 95.1 Å². The number of carbonyl (C=O) groups excluding carboxylic acids is 2. The zero-order valence-corrected chi connectivity index (χ0v) is 25.7. The summed E-state index contributed by atoms with van der Waals surface area (Å²) in [6.07, 6.45) is 2.76. The van der Waals surface area contributed by atoms with Gasteiger partial charge in [0.2, 0.25) is 11.8 Å². The number of hydrogen-bond donors (Lipinski definition) is 1. The molecule has 7 nitrogen and oxygen atoms in total. The number of benzene rings is 3. The van der Waals surface area contributed by atoms with Gasteiger partial charge in [-0.05, 0) is 62.4 Å². The quantitative estimate of drug-likeness (QED) is 0.246. The minimum absolute atomic E-state index is 0.108. The number of unbranched alkanes of at least 4 members (excludes halogenated alkanes) is 1. The molecule has 0 radical (unpaired) electrons. The molecule has 0 aliphatic heterocycles. The summed E-state index contributed by atoms with van der Waals surface area (Å²) >= 11 is 0. The number of anilines is 1. The van der Waals surface area contributed by atoms with E-state index < -0.39 is 28.5 Å². The third-order valence-corrected chi connectivity index (χ3v) is 8.99. The van der Waals surface area contributed by atoms with Crippen molar-refractivity contribution < 1.29 is 18.0 Å². The minimum atomic E-state index is -4.10. The molecular weight excluding hydrogens is 534 g/mol. The lowest BCUT2D eigenvalue weighted by Gasteiger charge is -2.33. The Balaban J connectivity index is 2.06. The Kier molecular flexibility index (Phi) is 11.5. The normalized spacial score (nSPS) is 12.0. The maximum atomic E-state index is 14.2. The summed E-state index contributed by atoms with van der Waals surface area (Å²) in [5.41, 5.74) is 4.16. The van der Waals surface area contributed by atoms with Gasteiger partial charge in [-0.3, -0.25) is 13.9 Å². The van der Waals surface area contributed by atoms with E-state index in [4.69, 9.17) is 0 Å². The minimum Gasteiger partial charge on any atom is -0.354 e. The highest BCUT2D eigenvalue weighted by molar-refractivity contribution is 7.92. The van der Waals surface area contributed by atoms with Crippen molar-refractivity contribution in [3.8, 4) is 0 Å². The standard InChI is InChI=1S/C33H43N3O4S/c1-6-9-22-34-33(38)30(8-3)35(23-27-18-14-25(4)15-19-27)32(37)24-36(31-13-11-10-12-28(31)7-2)41(39,40)29-20-16-26(5)17-21-29/h10-21,30H,6-9,22-24H2,1-5H3,(H,34,38)/t30-/m0/s1. The molecule has 2 amide bonds. The van der Waals surface area contributed by atoms with Gasteiger partial charge in [-0.25, -0.2) is 8.42 Å². The summed E-state index contributed by atoms with van der Waals surface area (Å²) in [6.45, 7) is 10.0. The number of para-hydroxylation sites is 1. The fourth-order valence-electron chi connectivity index (χ4n) is 4.72. The highest BCUT2D eigenvalue weighted by atomic mass is 32.2. The van der Waals surface area contributed by atoms with Crippen LogP contribution in [0, 0.1) is 13.8 Å². The van der Waals surface area contributed by atoms with E-state index in [2.05, 4.69) is 5.32 Å². The van der Waals surface area contributed by atoms with Gasteiger partial charge >= 0.3 is 0 Å². The van der Waals surface area contributed by atoms with Crippen molar-refractivity contribution in [1.82, 2.24) is 10.2 Å². The molecular formula is C33H43N3O4S. The van der Waals surface area contributed by atoms with E-state index in [-0.39, 0.29) is 17.3 Å². The van der Waals surface area contributed by atoms with Crippen LogP contribution in [0.15, 0.2) is 77.7 Å². The van der Waals surface area contributed by atoms with Gasteiger partial charge in [-0.15, -0.1) is 0 Å². The summed E-state index contributed by atoms with van der Waals surface area (Å²) in [6, 6.07) is 20.9. The van der Waals surface area contributed by atoms with Crippen LogP contribution in [0.1, 0.15) is 62.3 Å². The van der Waals surface area contributed by atoms with E-state index in [0.29, 0.717) is 25.1 Å². The summed E-state index contributed by atoms with van der Waals surface area (Å²) in [5.74, 6) is -0.673. The van der Waals surface area contributed by atoms with Gasteiger partial charge in [0.25, 0.3) is 10.0 Å². The average molecular weight is 578 g/mol. The predicted octanol–water partition coefficient (Wildman–Crippen LogP) is 5.78. The fourth-order valence-corrected chi connectivity index (χ4v) is 6.17. The third-order valence-electron chi connectivity index (χ3n) is 7.22. The molecule has 0 aliphatic carbocycles. The van der Waals surface area contributed by atoms with E-state index in [1.54, 1.807) is 36.4 Å². The van der Waals surface area contributed by atoms with Crippen molar-refractivity contribution in [1.29, 1.82) is 0 Å². The van der Waals surface area contributed by atoms with Gasteiger partial charge in [0.1, 0.15) is 12.6 Å². The Labute approximate surface area is 245 Å². The molecule has 8 heteroatoms. The zero-order chi connectivity index (χ0) is 30.0. The molecule has 0 aromatic heterocycles. The van der Waals surface area contributed by atoms with Gasteiger partial charge in [0, 0.05) is 13.1 Å². The van der Waals surface area contributed by atoms with Crippen LogP contribution in [0.25, 0.3) is 0 Å². The lowest BCUT2D eigenvalue weighted by atomic mass is 10.1. The van der Waals surface area contributed by atoms with Crippen LogP contribution in [0.2, 0.25) is 0 Å². The molecule has 3 rings (SSSR count). The van der Waals surface area contributed by atoms with Crippen LogP contribution in [0.3, 0.4) is 0 Å². The third kappa shape index (κ3) is 8.19. The molecule has 0 fully saturated rings. The topological polar surface area (TPSA) is 86.8 Å². The van der Waals surface area contributed by atoms with Crippen molar-refractivity contribution in [2.45, 2.75) is 77.8 Å². The molecule has 0 saturated carbocycles. The smallest absolute Gasteiger partial charge is 0.264 e. The number of hydrogen-bond acceptors (Lipinski definition) is 4. The molecule has 0 bridgehead atoms. The van der Waals surface area contributed by atoms with E-state index in [1.165, 1.54) is 9.21 Å². The van der Waals surface area contributed by atoms with Gasteiger partial charge in [-0.1, -0.05) is 92.9 Å². The number of nitrogens with zero attached hydrogens (tertiary/aromatic N) is 2. The number of nitrogens with one attached hydrogen (secondary N) is 1. The summed E-state index contributed by atoms with van der Waals surface area (Å²) in [7, 11) is -4.10. The van der Waals surface area contributed by atoms with Gasteiger partial charge in [0.05, 0.1) is 10.6 Å². The Morgan fingerprint density at radius 1 is 0.854 bits per heavy atom. The van der Waals surface area contributed by atoms with Crippen LogP contribution in [-0.4, -0.2) is 44.3 Å². The van der Waals surface area contributed by atoms with Crippen molar-refractivity contribution in [2.75, 3.05) is 17.4 Å². The first-order chi connectivity index (χ1) is 19.6. The molecule has 3 aromatic carbocycles. The zero-order valence-electron chi connectivity index (χ0n) is 24.9. The predicted molar refractivity (Wildman–Crippen MR) is 165 cm³/mol. The van der Waals surface area contributed by atoms with Crippen LogP contribution in [-0.2, 0) is 32.6 Å². The summed E-state index contributed by atoms with van der Waals surface area (Å²) < 4.78 is 29.4. The molecule has 41 heavy (non-hydrogen) atoms. The van der Waals surface area contributed by atoms with E-state index in [0.717, 1.165) is 35.1 Å². The Bertz CT molecular complexity index is 1400. The second kappa shape index (κ2) is 14.8. The number of sulfonamides is 1. The van der Waals surface area contributed by atoms with Crippen molar-refractivity contribution in [3.63, 3.8) is 0 Å². The molecule has 1 N–H and O–H groups in total. The number of carbonyl (C=O) groups is 2. The van der Waals surface area contributed by atoms with Gasteiger partial charge < -0.3 is 10.2 Å². The van der Waals surface area contributed by atoms with Gasteiger partial charge in [-0.2, -0.15) is 0 Å². The first-order valence-corrected chi connectivity index (χ1v) is 15.9. The second-order valence-corrected chi connectivity index (χ2v) is 12.2. The molecule has 1 atom stereocenters. The van der Waals surface area contributed by atoms with E-state index >= 15 is 0 Å². The number of amides is 2. The average Bonchev–Trinajstić information content (AvgIpc) is 2.97. The first kappa shape index (κ1) is 31.9. The van der Waals surface area contributed by atoms with E-state index in [9.17, 15) is 18.0 Å². The molecule has 0 aliphatic rings. The lowest BCUT2D eigenvalue weighted by Crippen LogP contribution is -2.52. The molecule has 0 spiro atoms. The first-order valence-electron chi connectivity index (χ1n) is 14.4. The molecule has 3 aromatic rings. The SMILES string of the molecule is CCCCNC(=O)[C@H](CC)N(Cc1ccc(C)cc1)C(=O)CN(c1ccccc1CC)S(=O)(=O)c1ccc(C)cc1. The highest BCUT2D eigenvalue weighted by Crippen LogP contribution is 2.28. The molecule has 0 saturated heterocycles. The summed E-state index contributed by atoms with van der Waals surface area (Å²) in [4.78, 5) is 29.1. The molecule has 220 valence electrons. The Morgan fingerprint density at radius 3 is 2.05 bits per heavy atom. The highest BCUT2D eigenvalue weighted by Gasteiger charge is 2.34.